The minimum atomic E-state index is -1.66. The van der Waals surface area contributed by atoms with E-state index in [2.05, 4.69) is 15.5 Å². The van der Waals surface area contributed by atoms with Crippen LogP contribution < -0.4 is 5.32 Å². The van der Waals surface area contributed by atoms with E-state index < -0.39 is 34.9 Å². The van der Waals surface area contributed by atoms with E-state index in [9.17, 15) is 22.4 Å². The number of hydrogen-bond acceptors (Lipinski definition) is 4. The molecule has 0 aliphatic carbocycles. The first kappa shape index (κ1) is 19.9. The van der Waals surface area contributed by atoms with Crippen LogP contribution in [-0.2, 0) is 11.3 Å². The van der Waals surface area contributed by atoms with Crippen molar-refractivity contribution in [1.29, 1.82) is 0 Å². The second-order valence-electron chi connectivity index (χ2n) is 5.62. The van der Waals surface area contributed by atoms with Gasteiger partial charge in [-0.3, -0.25) is 4.79 Å². The molecule has 0 saturated heterocycles. The highest BCUT2D eigenvalue weighted by Gasteiger charge is 2.17. The summed E-state index contributed by atoms with van der Waals surface area (Å²) in [5, 5.41) is 10.6. The van der Waals surface area contributed by atoms with E-state index in [0.29, 0.717) is 23.1 Å². The van der Waals surface area contributed by atoms with Crippen LogP contribution in [0.25, 0.3) is 11.4 Å². The van der Waals surface area contributed by atoms with Gasteiger partial charge in [0.1, 0.15) is 5.82 Å². The van der Waals surface area contributed by atoms with Crippen LogP contribution in [0.5, 0.6) is 0 Å². The molecule has 0 unspecified atom stereocenters. The van der Waals surface area contributed by atoms with Crippen molar-refractivity contribution >= 4 is 23.4 Å². The lowest BCUT2D eigenvalue weighted by molar-refractivity contribution is -0.113. The average Bonchev–Trinajstić information content (AvgIpc) is 3.10. The van der Waals surface area contributed by atoms with Gasteiger partial charge in [0.15, 0.2) is 28.4 Å². The van der Waals surface area contributed by atoms with Crippen LogP contribution in [0.1, 0.15) is 6.92 Å². The van der Waals surface area contributed by atoms with E-state index >= 15 is 0 Å². The average molecular weight is 410 g/mol. The van der Waals surface area contributed by atoms with Crippen molar-refractivity contribution in [2.45, 2.75) is 18.6 Å². The number of rotatable bonds is 6. The van der Waals surface area contributed by atoms with Crippen LogP contribution in [0.15, 0.2) is 41.6 Å². The van der Waals surface area contributed by atoms with Crippen molar-refractivity contribution in [1.82, 2.24) is 14.8 Å². The minimum Gasteiger partial charge on any atom is -0.323 e. The van der Waals surface area contributed by atoms with Gasteiger partial charge in [0.25, 0.3) is 0 Å². The highest BCUT2D eigenvalue weighted by atomic mass is 32.2. The molecule has 1 aromatic heterocycles. The molecule has 0 aliphatic heterocycles. The summed E-state index contributed by atoms with van der Waals surface area (Å²) >= 11 is 1.03. The largest absolute Gasteiger partial charge is 0.323 e. The van der Waals surface area contributed by atoms with Gasteiger partial charge in [-0.05, 0) is 31.2 Å². The predicted octanol–water partition coefficient (Wildman–Crippen LogP) is 4.25. The molecule has 0 atom stereocenters. The first-order chi connectivity index (χ1) is 13.4. The second kappa shape index (κ2) is 8.42. The van der Waals surface area contributed by atoms with E-state index in [0.717, 1.165) is 23.9 Å². The normalized spacial score (nSPS) is 10.9. The fraction of sp³-hybridized carbons (Fsp3) is 0.167. The van der Waals surface area contributed by atoms with E-state index in [1.807, 2.05) is 6.92 Å². The smallest absolute Gasteiger partial charge is 0.234 e. The van der Waals surface area contributed by atoms with Gasteiger partial charge in [0.05, 0.1) is 11.4 Å². The Kier molecular flexibility index (Phi) is 5.98. The van der Waals surface area contributed by atoms with Crippen LogP contribution in [0.3, 0.4) is 0 Å². The molecule has 0 fully saturated rings. The molecule has 28 heavy (non-hydrogen) atoms. The number of nitrogens with zero attached hydrogens (tertiary/aromatic N) is 3. The van der Waals surface area contributed by atoms with Crippen LogP contribution in [0.4, 0.5) is 23.2 Å². The Bertz CT molecular complexity index is 1020. The van der Waals surface area contributed by atoms with Gasteiger partial charge >= 0.3 is 0 Å². The Morgan fingerprint density at radius 1 is 1.11 bits per heavy atom. The zero-order valence-corrected chi connectivity index (χ0v) is 15.4. The molecule has 2 aromatic carbocycles. The van der Waals surface area contributed by atoms with Crippen LogP contribution in [-0.4, -0.2) is 26.4 Å². The monoisotopic (exact) mass is 410 g/mol. The molecule has 10 heteroatoms. The molecule has 0 radical (unpaired) electrons. The number of benzene rings is 2. The maximum atomic E-state index is 13.6. The summed E-state index contributed by atoms with van der Waals surface area (Å²) in [4.78, 5) is 12.0. The van der Waals surface area contributed by atoms with Gasteiger partial charge in [0, 0.05) is 12.1 Å². The van der Waals surface area contributed by atoms with Crippen molar-refractivity contribution < 1.29 is 22.4 Å². The van der Waals surface area contributed by atoms with Crippen molar-refractivity contribution in [3.05, 3.63) is 59.7 Å². The number of carbonyl (C=O) groups is 1. The van der Waals surface area contributed by atoms with Crippen molar-refractivity contribution in [2.24, 2.45) is 0 Å². The van der Waals surface area contributed by atoms with Crippen LogP contribution in [0.2, 0.25) is 0 Å². The lowest BCUT2D eigenvalue weighted by atomic mass is 10.2. The van der Waals surface area contributed by atoms with Gasteiger partial charge in [-0.25, -0.2) is 17.6 Å². The third-order valence-electron chi connectivity index (χ3n) is 3.76. The van der Waals surface area contributed by atoms with Gasteiger partial charge in [-0.15, -0.1) is 10.2 Å². The first-order valence-electron chi connectivity index (χ1n) is 8.16. The van der Waals surface area contributed by atoms with E-state index in [-0.39, 0.29) is 5.75 Å². The van der Waals surface area contributed by atoms with E-state index in [1.165, 1.54) is 12.1 Å². The summed E-state index contributed by atoms with van der Waals surface area (Å²) in [5.41, 5.74) is 0.0800. The number of hydrogen-bond donors (Lipinski definition) is 1. The Morgan fingerprint density at radius 2 is 1.89 bits per heavy atom. The molecule has 1 heterocycles. The summed E-state index contributed by atoms with van der Waals surface area (Å²) < 4.78 is 55.0. The molecule has 0 spiro atoms. The molecule has 0 aliphatic rings. The van der Waals surface area contributed by atoms with Crippen molar-refractivity contribution in [2.75, 3.05) is 11.1 Å². The highest BCUT2D eigenvalue weighted by Crippen LogP contribution is 2.25. The lowest BCUT2D eigenvalue weighted by Gasteiger charge is -2.09. The third-order valence-corrected chi connectivity index (χ3v) is 4.72. The third kappa shape index (κ3) is 4.16. The number of nitrogens with one attached hydrogen (secondary N) is 1. The Morgan fingerprint density at radius 3 is 2.61 bits per heavy atom. The van der Waals surface area contributed by atoms with Gasteiger partial charge < -0.3 is 9.88 Å². The summed E-state index contributed by atoms with van der Waals surface area (Å²) in [7, 11) is 0. The molecular formula is C18H14F4N4OS. The summed E-state index contributed by atoms with van der Waals surface area (Å²) in [6.07, 6.45) is 0. The first-order valence-corrected chi connectivity index (χ1v) is 9.14. The SMILES string of the molecule is CCn1c(SCC(=O)Nc2ccc(F)c(F)c2F)nnc1-c1cccc(F)c1. The highest BCUT2D eigenvalue weighted by molar-refractivity contribution is 7.99. The number of aromatic nitrogens is 3. The summed E-state index contributed by atoms with van der Waals surface area (Å²) in [5.74, 6) is -5.24. The second-order valence-corrected chi connectivity index (χ2v) is 6.56. The molecule has 146 valence electrons. The molecule has 3 rings (SSSR count). The predicted molar refractivity (Wildman–Crippen MR) is 96.8 cm³/mol. The number of amides is 1. The Balaban J connectivity index is 1.71. The van der Waals surface area contributed by atoms with Gasteiger partial charge in [-0.2, -0.15) is 0 Å². The number of thioether (sulfide) groups is 1. The van der Waals surface area contributed by atoms with Crippen molar-refractivity contribution in [3.63, 3.8) is 0 Å². The quantitative estimate of drug-likeness (QED) is 0.375. The van der Waals surface area contributed by atoms with E-state index in [1.54, 1.807) is 16.7 Å². The number of carbonyl (C=O) groups excluding carboxylic acids is 1. The van der Waals surface area contributed by atoms with Gasteiger partial charge in [-0.1, -0.05) is 23.9 Å². The van der Waals surface area contributed by atoms with Crippen molar-refractivity contribution in [3.8, 4) is 11.4 Å². The summed E-state index contributed by atoms with van der Waals surface area (Å²) in [6.45, 7) is 2.31. The fourth-order valence-electron chi connectivity index (χ4n) is 2.46. The van der Waals surface area contributed by atoms with Gasteiger partial charge in [0.2, 0.25) is 5.91 Å². The molecule has 0 bridgehead atoms. The zero-order valence-electron chi connectivity index (χ0n) is 14.5. The Hall–Kier alpha value is -2.88. The number of anilines is 1. The minimum absolute atomic E-state index is 0.167. The maximum Gasteiger partial charge on any atom is 0.234 e. The molecule has 5 nitrogen and oxygen atoms in total. The molecule has 1 amide bonds. The molecule has 0 saturated carbocycles. The van der Waals surface area contributed by atoms with E-state index in [4.69, 9.17) is 0 Å². The fourth-order valence-corrected chi connectivity index (χ4v) is 3.26. The molecule has 3 aromatic rings. The number of halogens is 4. The topological polar surface area (TPSA) is 59.8 Å². The van der Waals surface area contributed by atoms with Crippen LogP contribution >= 0.6 is 11.8 Å². The standard InChI is InChI=1S/C18H14F4N4OS/c1-2-26-17(10-4-3-5-11(19)8-10)24-25-18(26)28-9-14(27)23-13-7-6-12(20)15(21)16(13)22/h3-8H,2,9H2,1H3,(H,23,27). The molecule has 1 N–H and O–H groups in total. The summed E-state index contributed by atoms with van der Waals surface area (Å²) in [6, 6.07) is 7.53. The maximum absolute atomic E-state index is 13.6. The molecular weight excluding hydrogens is 396 g/mol. The van der Waals surface area contributed by atoms with Crippen LogP contribution in [0, 0.1) is 23.3 Å². The Labute approximate surface area is 161 Å². The lowest BCUT2D eigenvalue weighted by Crippen LogP contribution is -2.16. The zero-order chi connectivity index (χ0) is 20.3.